The van der Waals surface area contributed by atoms with Gasteiger partial charge < -0.3 is 5.32 Å². The molecular formula is C17H19BrFN. The van der Waals surface area contributed by atoms with Gasteiger partial charge in [0, 0.05) is 16.6 Å². The monoisotopic (exact) mass is 335 g/mol. The van der Waals surface area contributed by atoms with Crippen molar-refractivity contribution in [3.63, 3.8) is 0 Å². The molecule has 0 saturated heterocycles. The summed E-state index contributed by atoms with van der Waals surface area (Å²) in [6.07, 6.45) is 0.816. The molecule has 0 aliphatic carbocycles. The number of nitrogens with one attached hydrogen (secondary N) is 1. The molecule has 0 spiro atoms. The smallest absolute Gasteiger partial charge is 0.123 e. The highest BCUT2D eigenvalue weighted by Crippen LogP contribution is 2.18. The predicted molar refractivity (Wildman–Crippen MR) is 85.3 cm³/mol. The molecular weight excluding hydrogens is 317 g/mol. The third-order valence-corrected chi connectivity index (χ3v) is 3.81. The van der Waals surface area contributed by atoms with Gasteiger partial charge in [-0.2, -0.15) is 0 Å². The molecule has 2 aromatic rings. The number of rotatable bonds is 5. The van der Waals surface area contributed by atoms with Crippen LogP contribution >= 0.6 is 15.9 Å². The van der Waals surface area contributed by atoms with E-state index in [2.05, 4.69) is 47.2 Å². The van der Waals surface area contributed by atoms with Crippen molar-refractivity contribution in [1.82, 2.24) is 5.32 Å². The second-order valence-corrected chi connectivity index (χ2v) is 6.09. The molecule has 0 aromatic heterocycles. The van der Waals surface area contributed by atoms with Crippen molar-refractivity contribution in [1.29, 1.82) is 0 Å². The molecule has 0 aliphatic rings. The zero-order chi connectivity index (χ0) is 14.5. The normalized spacial score (nSPS) is 14.0. The van der Waals surface area contributed by atoms with Crippen molar-refractivity contribution in [2.45, 2.75) is 32.4 Å². The summed E-state index contributed by atoms with van der Waals surface area (Å²) in [5.74, 6) is -0.172. The van der Waals surface area contributed by atoms with Gasteiger partial charge in [0.15, 0.2) is 0 Å². The van der Waals surface area contributed by atoms with Gasteiger partial charge >= 0.3 is 0 Å². The van der Waals surface area contributed by atoms with E-state index in [9.17, 15) is 4.39 Å². The van der Waals surface area contributed by atoms with Gasteiger partial charge in [-0.05, 0) is 55.7 Å². The van der Waals surface area contributed by atoms with Crippen LogP contribution in [0.2, 0.25) is 0 Å². The zero-order valence-corrected chi connectivity index (χ0v) is 13.3. The second-order valence-electron chi connectivity index (χ2n) is 5.18. The summed E-state index contributed by atoms with van der Waals surface area (Å²) in [7, 11) is 0. The molecule has 0 heterocycles. The zero-order valence-electron chi connectivity index (χ0n) is 11.7. The minimum Gasteiger partial charge on any atom is -0.307 e. The Morgan fingerprint density at radius 1 is 1.10 bits per heavy atom. The largest absolute Gasteiger partial charge is 0.307 e. The number of hydrogen-bond donors (Lipinski definition) is 1. The summed E-state index contributed by atoms with van der Waals surface area (Å²) in [5, 5.41) is 3.55. The minimum atomic E-state index is -0.172. The topological polar surface area (TPSA) is 12.0 Å². The van der Waals surface area contributed by atoms with Gasteiger partial charge in [0.1, 0.15) is 5.82 Å². The lowest BCUT2D eigenvalue weighted by Gasteiger charge is -2.20. The number of benzene rings is 2. The maximum absolute atomic E-state index is 13.2. The van der Waals surface area contributed by atoms with Gasteiger partial charge in [-0.3, -0.25) is 0 Å². The summed E-state index contributed by atoms with van der Waals surface area (Å²) in [6.45, 7) is 4.27. The van der Waals surface area contributed by atoms with Crippen LogP contribution in [-0.2, 0) is 6.42 Å². The lowest BCUT2D eigenvalue weighted by atomic mass is 10.0. The number of hydrogen-bond acceptors (Lipinski definition) is 1. The third kappa shape index (κ3) is 4.43. The van der Waals surface area contributed by atoms with Gasteiger partial charge in [-0.25, -0.2) is 4.39 Å². The Balaban J connectivity index is 1.95. The first-order chi connectivity index (χ1) is 9.54. The van der Waals surface area contributed by atoms with Gasteiger partial charge in [0.2, 0.25) is 0 Å². The molecule has 2 aromatic carbocycles. The molecule has 0 bridgehead atoms. The minimum absolute atomic E-state index is 0.172. The molecule has 3 heteroatoms. The van der Waals surface area contributed by atoms with Crippen LogP contribution in [0.1, 0.15) is 31.0 Å². The van der Waals surface area contributed by atoms with Crippen LogP contribution in [0.15, 0.2) is 53.0 Å². The fourth-order valence-electron chi connectivity index (χ4n) is 2.38. The summed E-state index contributed by atoms with van der Waals surface area (Å²) in [5.41, 5.74) is 2.26. The van der Waals surface area contributed by atoms with E-state index in [-0.39, 0.29) is 17.9 Å². The SMILES string of the molecule is CC(Cc1cccc(F)c1)N[C@@H](C)c1cccc(Br)c1. The molecule has 1 nitrogen and oxygen atoms in total. The average Bonchev–Trinajstić information content (AvgIpc) is 2.38. The van der Waals surface area contributed by atoms with Crippen LogP contribution in [0.5, 0.6) is 0 Å². The number of halogens is 2. The maximum atomic E-state index is 13.2. The first kappa shape index (κ1) is 15.2. The Bertz CT molecular complexity index is 570. The van der Waals surface area contributed by atoms with Crippen molar-refractivity contribution in [2.24, 2.45) is 0 Å². The Morgan fingerprint density at radius 3 is 2.55 bits per heavy atom. The average molecular weight is 336 g/mol. The van der Waals surface area contributed by atoms with Gasteiger partial charge in [0.05, 0.1) is 0 Å². The molecule has 0 amide bonds. The first-order valence-corrected chi connectivity index (χ1v) is 7.60. The lowest BCUT2D eigenvalue weighted by Crippen LogP contribution is -2.30. The standard InChI is InChI=1S/C17H19BrFN/c1-12(9-14-5-3-8-17(19)10-14)20-13(2)15-6-4-7-16(18)11-15/h3-8,10-13,20H,9H2,1-2H3/t12?,13-/m0/s1. The molecule has 0 radical (unpaired) electrons. The van der Waals surface area contributed by atoms with Crippen LogP contribution in [0.4, 0.5) is 4.39 Å². The van der Waals surface area contributed by atoms with Crippen LogP contribution < -0.4 is 5.32 Å². The highest BCUT2D eigenvalue weighted by Gasteiger charge is 2.10. The van der Waals surface area contributed by atoms with E-state index in [0.717, 1.165) is 16.5 Å². The highest BCUT2D eigenvalue weighted by atomic mass is 79.9. The first-order valence-electron chi connectivity index (χ1n) is 6.80. The fraction of sp³-hybridized carbons (Fsp3) is 0.294. The fourth-order valence-corrected chi connectivity index (χ4v) is 2.79. The summed E-state index contributed by atoms with van der Waals surface area (Å²) in [6, 6.07) is 15.6. The molecule has 2 rings (SSSR count). The van der Waals surface area contributed by atoms with Crippen molar-refractivity contribution in [3.8, 4) is 0 Å². The van der Waals surface area contributed by atoms with E-state index in [0.29, 0.717) is 0 Å². The van der Waals surface area contributed by atoms with Crippen molar-refractivity contribution in [2.75, 3.05) is 0 Å². The summed E-state index contributed by atoms with van der Waals surface area (Å²) < 4.78 is 14.2. The molecule has 0 saturated carbocycles. The molecule has 0 aliphatic heterocycles. The van der Waals surface area contributed by atoms with Gasteiger partial charge in [0.25, 0.3) is 0 Å². The molecule has 2 atom stereocenters. The van der Waals surface area contributed by atoms with E-state index >= 15 is 0 Å². The summed E-state index contributed by atoms with van der Waals surface area (Å²) >= 11 is 3.49. The van der Waals surface area contributed by atoms with E-state index in [4.69, 9.17) is 0 Å². The van der Waals surface area contributed by atoms with Crippen molar-refractivity contribution in [3.05, 3.63) is 69.9 Å². The van der Waals surface area contributed by atoms with Gasteiger partial charge in [-0.1, -0.05) is 40.2 Å². The van der Waals surface area contributed by atoms with E-state index < -0.39 is 0 Å². The predicted octanol–water partition coefficient (Wildman–Crippen LogP) is 4.87. The van der Waals surface area contributed by atoms with Crippen LogP contribution in [0.3, 0.4) is 0 Å². The summed E-state index contributed by atoms with van der Waals surface area (Å²) in [4.78, 5) is 0. The Morgan fingerprint density at radius 2 is 1.85 bits per heavy atom. The Hall–Kier alpha value is -1.19. The van der Waals surface area contributed by atoms with Crippen molar-refractivity contribution >= 4 is 15.9 Å². The maximum Gasteiger partial charge on any atom is 0.123 e. The molecule has 1 N–H and O–H groups in total. The molecule has 0 fully saturated rings. The Labute approximate surface area is 128 Å². The molecule has 20 heavy (non-hydrogen) atoms. The van der Waals surface area contributed by atoms with Gasteiger partial charge in [-0.15, -0.1) is 0 Å². The van der Waals surface area contributed by atoms with E-state index in [1.807, 2.05) is 18.2 Å². The Kier molecular flexibility index (Phi) is 5.32. The van der Waals surface area contributed by atoms with Crippen LogP contribution in [-0.4, -0.2) is 6.04 Å². The quantitative estimate of drug-likeness (QED) is 0.821. The highest BCUT2D eigenvalue weighted by molar-refractivity contribution is 9.10. The second kappa shape index (κ2) is 7.00. The van der Waals surface area contributed by atoms with E-state index in [1.165, 1.54) is 11.6 Å². The van der Waals surface area contributed by atoms with E-state index in [1.54, 1.807) is 12.1 Å². The lowest BCUT2D eigenvalue weighted by molar-refractivity contribution is 0.476. The van der Waals surface area contributed by atoms with Crippen molar-refractivity contribution < 1.29 is 4.39 Å². The van der Waals surface area contributed by atoms with Crippen LogP contribution in [0.25, 0.3) is 0 Å². The molecule has 1 unspecified atom stereocenters. The third-order valence-electron chi connectivity index (χ3n) is 3.31. The molecule has 106 valence electrons. The van der Waals surface area contributed by atoms with Crippen LogP contribution in [0, 0.1) is 5.82 Å².